The van der Waals surface area contributed by atoms with Crippen LogP contribution < -0.4 is 5.73 Å². The highest BCUT2D eigenvalue weighted by Crippen LogP contribution is 2.39. The highest BCUT2D eigenvalue weighted by Gasteiger charge is 2.20. The molecule has 2 aromatic carbocycles. The summed E-state index contributed by atoms with van der Waals surface area (Å²) in [6.45, 7) is 4.18. The lowest BCUT2D eigenvalue weighted by Crippen LogP contribution is -2.25. The number of thioether (sulfide) groups is 1. The number of benzene rings is 2. The summed E-state index contributed by atoms with van der Waals surface area (Å²) in [6.07, 6.45) is 0.890. The van der Waals surface area contributed by atoms with Gasteiger partial charge in [-0.1, -0.05) is 37.3 Å². The van der Waals surface area contributed by atoms with E-state index in [9.17, 15) is 4.39 Å². The minimum Gasteiger partial charge on any atom is -0.326 e. The summed E-state index contributed by atoms with van der Waals surface area (Å²) in [5.74, 6) is -0.210. The van der Waals surface area contributed by atoms with Crippen LogP contribution in [0, 0.1) is 12.7 Å². The first-order valence-corrected chi connectivity index (χ1v) is 7.73. The van der Waals surface area contributed by atoms with E-state index in [0.717, 1.165) is 12.0 Å². The molecule has 0 bridgehead atoms. The molecule has 2 N–H and O–H groups in total. The van der Waals surface area contributed by atoms with Crippen LogP contribution >= 0.6 is 11.8 Å². The van der Waals surface area contributed by atoms with Crippen molar-refractivity contribution in [1.29, 1.82) is 0 Å². The van der Waals surface area contributed by atoms with Crippen LogP contribution in [0.4, 0.5) is 4.39 Å². The minimum absolute atomic E-state index is 0.0464. The predicted octanol–water partition coefficient (Wildman–Crippen LogP) is 4.70. The van der Waals surface area contributed by atoms with E-state index in [1.807, 2.05) is 24.3 Å². The van der Waals surface area contributed by atoms with Gasteiger partial charge in [-0.3, -0.25) is 0 Å². The van der Waals surface area contributed by atoms with Crippen LogP contribution in [0.1, 0.15) is 29.7 Å². The van der Waals surface area contributed by atoms with E-state index in [0.29, 0.717) is 0 Å². The van der Waals surface area contributed by atoms with Crippen molar-refractivity contribution < 1.29 is 4.39 Å². The number of halogens is 1. The second kappa shape index (κ2) is 6.91. The first-order valence-electron chi connectivity index (χ1n) is 6.85. The maximum Gasteiger partial charge on any atom is 0.123 e. The van der Waals surface area contributed by atoms with Crippen molar-refractivity contribution in [1.82, 2.24) is 0 Å². The van der Waals surface area contributed by atoms with Crippen LogP contribution in [-0.2, 0) is 0 Å². The maximum absolute atomic E-state index is 13.1. The lowest BCUT2D eigenvalue weighted by molar-refractivity contribution is 0.618. The Hall–Kier alpha value is -1.32. The quantitative estimate of drug-likeness (QED) is 0.807. The highest BCUT2D eigenvalue weighted by atomic mass is 32.2. The zero-order chi connectivity index (χ0) is 14.5. The molecular weight excluding hydrogens is 269 g/mol. The molecule has 20 heavy (non-hydrogen) atoms. The fourth-order valence-corrected chi connectivity index (χ4v) is 3.44. The molecule has 0 fully saturated rings. The van der Waals surface area contributed by atoms with Gasteiger partial charge in [-0.25, -0.2) is 4.39 Å². The Bertz CT molecular complexity index is 553. The van der Waals surface area contributed by atoms with E-state index in [4.69, 9.17) is 5.73 Å². The molecule has 2 atom stereocenters. The molecule has 0 aliphatic carbocycles. The van der Waals surface area contributed by atoms with Crippen molar-refractivity contribution in [3.63, 3.8) is 0 Å². The molecule has 1 nitrogen and oxygen atoms in total. The van der Waals surface area contributed by atoms with Crippen LogP contribution in [0.25, 0.3) is 0 Å². The van der Waals surface area contributed by atoms with Crippen molar-refractivity contribution >= 4 is 11.8 Å². The molecule has 0 aromatic heterocycles. The van der Waals surface area contributed by atoms with Crippen molar-refractivity contribution in [3.8, 4) is 0 Å². The third-order valence-electron chi connectivity index (χ3n) is 3.41. The van der Waals surface area contributed by atoms with Gasteiger partial charge in [-0.15, -0.1) is 11.8 Å². The van der Waals surface area contributed by atoms with Crippen molar-refractivity contribution in [2.45, 2.75) is 36.5 Å². The molecule has 0 heterocycles. The molecule has 0 amide bonds. The molecule has 3 heteroatoms. The first kappa shape index (κ1) is 15.1. The van der Waals surface area contributed by atoms with Gasteiger partial charge < -0.3 is 5.73 Å². The summed E-state index contributed by atoms with van der Waals surface area (Å²) in [4.78, 5) is 1.23. The van der Waals surface area contributed by atoms with Crippen LogP contribution in [0.5, 0.6) is 0 Å². The van der Waals surface area contributed by atoms with E-state index < -0.39 is 0 Å². The van der Waals surface area contributed by atoms with Gasteiger partial charge in [0.1, 0.15) is 5.82 Å². The van der Waals surface area contributed by atoms with Gasteiger partial charge in [0.05, 0.1) is 0 Å². The molecule has 0 radical (unpaired) electrons. The Labute approximate surface area is 124 Å². The summed E-state index contributed by atoms with van der Waals surface area (Å²) in [5.41, 5.74) is 8.59. The highest BCUT2D eigenvalue weighted by molar-refractivity contribution is 7.99. The second-order valence-electron chi connectivity index (χ2n) is 4.93. The lowest BCUT2D eigenvalue weighted by Gasteiger charge is -2.23. The first-order chi connectivity index (χ1) is 9.61. The summed E-state index contributed by atoms with van der Waals surface area (Å²) in [5, 5.41) is 0.140. The van der Waals surface area contributed by atoms with E-state index in [2.05, 4.69) is 26.0 Å². The van der Waals surface area contributed by atoms with Crippen molar-refractivity contribution in [2.24, 2.45) is 5.73 Å². The fourth-order valence-electron chi connectivity index (χ4n) is 2.09. The molecule has 0 saturated heterocycles. The lowest BCUT2D eigenvalue weighted by atomic mass is 10.0. The third-order valence-corrected chi connectivity index (χ3v) is 4.99. The number of rotatable bonds is 5. The van der Waals surface area contributed by atoms with Crippen LogP contribution in [0.3, 0.4) is 0 Å². The molecule has 2 aromatic rings. The van der Waals surface area contributed by atoms with Crippen molar-refractivity contribution in [3.05, 3.63) is 65.5 Å². The fraction of sp³-hybridized carbons (Fsp3) is 0.294. The number of hydrogen-bond donors (Lipinski definition) is 1. The van der Waals surface area contributed by atoms with Gasteiger partial charge in [-0.2, -0.15) is 0 Å². The van der Waals surface area contributed by atoms with E-state index in [1.54, 1.807) is 11.8 Å². The Morgan fingerprint density at radius 2 is 1.75 bits per heavy atom. The minimum atomic E-state index is -0.210. The van der Waals surface area contributed by atoms with Crippen LogP contribution in [0.2, 0.25) is 0 Å². The van der Waals surface area contributed by atoms with Crippen LogP contribution in [0.15, 0.2) is 53.4 Å². The van der Waals surface area contributed by atoms with Gasteiger partial charge in [0.25, 0.3) is 0 Å². The zero-order valence-corrected chi connectivity index (χ0v) is 12.7. The Morgan fingerprint density at radius 1 is 1.10 bits per heavy atom. The Kier molecular flexibility index (Phi) is 5.21. The van der Waals surface area contributed by atoms with E-state index in [-0.39, 0.29) is 17.1 Å². The average molecular weight is 289 g/mol. The zero-order valence-electron chi connectivity index (χ0n) is 11.8. The number of hydrogen-bond acceptors (Lipinski definition) is 2. The molecule has 0 saturated carbocycles. The second-order valence-corrected chi connectivity index (χ2v) is 6.11. The summed E-state index contributed by atoms with van der Waals surface area (Å²) in [6, 6.07) is 15.0. The smallest absolute Gasteiger partial charge is 0.123 e. The molecular formula is C17H20FNS. The Balaban J connectivity index is 2.29. The topological polar surface area (TPSA) is 26.0 Å². The maximum atomic E-state index is 13.1. The van der Waals surface area contributed by atoms with Gasteiger partial charge in [0.15, 0.2) is 0 Å². The summed E-state index contributed by atoms with van der Waals surface area (Å²) >= 11 is 1.76. The Morgan fingerprint density at radius 3 is 2.35 bits per heavy atom. The summed E-state index contributed by atoms with van der Waals surface area (Å²) < 4.78 is 13.1. The predicted molar refractivity (Wildman–Crippen MR) is 84.4 cm³/mol. The third kappa shape index (κ3) is 3.62. The van der Waals surface area contributed by atoms with Gasteiger partial charge in [0.2, 0.25) is 0 Å². The molecule has 106 valence electrons. The standard InChI is InChI=1S/C17H20FNS/c1-3-15(19)17(13-8-10-14(18)11-9-13)20-16-7-5-4-6-12(16)2/h4-11,15,17H,3,19H2,1-2H3. The SMILES string of the molecule is CCC(N)C(Sc1ccccc1C)c1ccc(F)cc1. The van der Waals surface area contributed by atoms with Gasteiger partial charge in [0, 0.05) is 16.2 Å². The normalized spacial score (nSPS) is 14.0. The van der Waals surface area contributed by atoms with E-state index >= 15 is 0 Å². The average Bonchev–Trinajstić information content (AvgIpc) is 2.47. The number of nitrogens with two attached hydrogens (primary N) is 1. The van der Waals surface area contributed by atoms with Gasteiger partial charge in [-0.05, 0) is 42.7 Å². The van der Waals surface area contributed by atoms with Crippen molar-refractivity contribution in [2.75, 3.05) is 0 Å². The molecule has 0 aliphatic rings. The van der Waals surface area contributed by atoms with E-state index in [1.165, 1.54) is 22.6 Å². The molecule has 2 rings (SSSR count). The van der Waals surface area contributed by atoms with Crippen LogP contribution in [-0.4, -0.2) is 6.04 Å². The monoisotopic (exact) mass is 289 g/mol. The molecule has 2 unspecified atom stereocenters. The van der Waals surface area contributed by atoms with Gasteiger partial charge >= 0.3 is 0 Å². The number of aryl methyl sites for hydroxylation is 1. The largest absolute Gasteiger partial charge is 0.326 e. The summed E-state index contributed by atoms with van der Waals surface area (Å²) in [7, 11) is 0. The molecule has 0 aliphatic heterocycles. The molecule has 0 spiro atoms.